The Morgan fingerprint density at radius 1 is 1.60 bits per heavy atom. The Balaban J connectivity index is 1.77. The maximum Gasteiger partial charge on any atom is 0.317 e. The zero-order valence-electron chi connectivity index (χ0n) is 11.2. The molecular formula is C14H16N2O3S. The molecule has 0 spiro atoms. The molecule has 5 nitrogen and oxygen atoms in total. The molecule has 0 aromatic carbocycles. The fourth-order valence-electron chi connectivity index (χ4n) is 2.20. The van der Waals surface area contributed by atoms with Crippen molar-refractivity contribution in [1.82, 2.24) is 9.88 Å². The SMILES string of the molecule is Cc1oc(-c2cccs2)nc1CN(CC(=O)O)C1CC1. The van der Waals surface area contributed by atoms with Gasteiger partial charge in [-0.1, -0.05) is 6.07 Å². The Hall–Kier alpha value is -1.66. The maximum atomic E-state index is 10.9. The summed E-state index contributed by atoms with van der Waals surface area (Å²) in [6, 6.07) is 4.31. The minimum Gasteiger partial charge on any atom is -0.480 e. The molecule has 0 aliphatic heterocycles. The van der Waals surface area contributed by atoms with Crippen LogP contribution >= 0.6 is 11.3 Å². The fourth-order valence-corrected chi connectivity index (χ4v) is 2.85. The third-order valence-corrected chi connectivity index (χ3v) is 4.24. The van der Waals surface area contributed by atoms with Crippen LogP contribution < -0.4 is 0 Å². The minimum absolute atomic E-state index is 0.0608. The molecule has 0 atom stereocenters. The number of oxazole rings is 1. The van der Waals surface area contributed by atoms with Crippen LogP contribution in [-0.2, 0) is 11.3 Å². The van der Waals surface area contributed by atoms with Gasteiger partial charge in [0.05, 0.1) is 17.1 Å². The van der Waals surface area contributed by atoms with Crippen LogP contribution in [0.4, 0.5) is 0 Å². The number of rotatable bonds is 6. The number of carbonyl (C=O) groups is 1. The van der Waals surface area contributed by atoms with E-state index in [9.17, 15) is 4.79 Å². The number of carboxylic acid groups (broad SMARTS) is 1. The summed E-state index contributed by atoms with van der Waals surface area (Å²) in [5, 5.41) is 11.0. The second-order valence-electron chi connectivity index (χ2n) is 5.03. The first-order valence-corrected chi connectivity index (χ1v) is 7.47. The summed E-state index contributed by atoms with van der Waals surface area (Å²) in [5.41, 5.74) is 0.835. The number of aryl methyl sites for hydroxylation is 1. The number of aliphatic carboxylic acids is 1. The van der Waals surface area contributed by atoms with Crippen molar-refractivity contribution in [2.45, 2.75) is 32.4 Å². The summed E-state index contributed by atoms with van der Waals surface area (Å²) >= 11 is 1.58. The van der Waals surface area contributed by atoms with Crippen molar-refractivity contribution in [2.75, 3.05) is 6.54 Å². The van der Waals surface area contributed by atoms with Crippen molar-refractivity contribution in [1.29, 1.82) is 0 Å². The molecule has 0 saturated heterocycles. The Morgan fingerprint density at radius 3 is 3.00 bits per heavy atom. The van der Waals surface area contributed by atoms with E-state index in [1.165, 1.54) is 0 Å². The number of thiophene rings is 1. The molecule has 2 aromatic heterocycles. The lowest BCUT2D eigenvalue weighted by atomic mass is 10.3. The first-order valence-electron chi connectivity index (χ1n) is 6.59. The van der Waals surface area contributed by atoms with Crippen molar-refractivity contribution in [3.8, 4) is 10.8 Å². The topological polar surface area (TPSA) is 66.6 Å². The number of hydrogen-bond donors (Lipinski definition) is 1. The van der Waals surface area contributed by atoms with Gasteiger partial charge in [0.1, 0.15) is 5.76 Å². The molecule has 0 amide bonds. The summed E-state index contributed by atoms with van der Waals surface area (Å²) in [6.07, 6.45) is 2.14. The number of hydrogen-bond acceptors (Lipinski definition) is 5. The molecule has 20 heavy (non-hydrogen) atoms. The van der Waals surface area contributed by atoms with Gasteiger partial charge in [-0.3, -0.25) is 9.69 Å². The van der Waals surface area contributed by atoms with Gasteiger partial charge in [0.15, 0.2) is 0 Å². The zero-order chi connectivity index (χ0) is 14.1. The molecule has 0 unspecified atom stereocenters. The molecular weight excluding hydrogens is 276 g/mol. The normalized spacial score (nSPS) is 14.9. The lowest BCUT2D eigenvalue weighted by molar-refractivity contribution is -0.138. The molecule has 2 heterocycles. The highest BCUT2D eigenvalue weighted by Gasteiger charge is 2.31. The van der Waals surface area contributed by atoms with E-state index in [1.807, 2.05) is 29.3 Å². The molecule has 1 N–H and O–H groups in total. The van der Waals surface area contributed by atoms with Crippen molar-refractivity contribution < 1.29 is 14.3 Å². The molecule has 2 aromatic rings. The first-order chi connectivity index (χ1) is 9.63. The standard InChI is InChI=1S/C14H16N2O3S/c1-9-11(7-16(8-13(17)18)10-4-5-10)15-14(19-9)12-3-2-6-20-12/h2-3,6,10H,4-5,7-8H2,1H3,(H,17,18). The largest absolute Gasteiger partial charge is 0.480 e. The Morgan fingerprint density at radius 2 is 2.40 bits per heavy atom. The maximum absolute atomic E-state index is 10.9. The molecule has 1 aliphatic rings. The van der Waals surface area contributed by atoms with Crippen LogP contribution in [0.2, 0.25) is 0 Å². The average molecular weight is 292 g/mol. The van der Waals surface area contributed by atoms with E-state index in [0.717, 1.165) is 29.2 Å². The number of nitrogens with zero attached hydrogens (tertiary/aromatic N) is 2. The second kappa shape index (κ2) is 5.38. The van der Waals surface area contributed by atoms with Gasteiger partial charge >= 0.3 is 5.97 Å². The molecule has 0 radical (unpaired) electrons. The smallest absolute Gasteiger partial charge is 0.317 e. The van der Waals surface area contributed by atoms with Crippen molar-refractivity contribution in [2.24, 2.45) is 0 Å². The van der Waals surface area contributed by atoms with Gasteiger partial charge in [0.25, 0.3) is 0 Å². The molecule has 1 aliphatic carbocycles. The number of carboxylic acids is 1. The van der Waals surface area contributed by atoms with Gasteiger partial charge < -0.3 is 9.52 Å². The first kappa shape index (κ1) is 13.3. The van der Waals surface area contributed by atoms with Crippen LogP contribution in [0.25, 0.3) is 10.8 Å². The molecule has 6 heteroatoms. The van der Waals surface area contributed by atoms with Crippen LogP contribution in [0.15, 0.2) is 21.9 Å². The summed E-state index contributed by atoms with van der Waals surface area (Å²) in [5.74, 6) is 0.597. The third-order valence-electron chi connectivity index (χ3n) is 3.38. The van der Waals surface area contributed by atoms with Gasteiger partial charge in [-0.05, 0) is 31.2 Å². The van der Waals surface area contributed by atoms with Crippen LogP contribution in [0.1, 0.15) is 24.3 Å². The quantitative estimate of drug-likeness (QED) is 0.886. The van der Waals surface area contributed by atoms with E-state index in [-0.39, 0.29) is 6.54 Å². The van der Waals surface area contributed by atoms with Gasteiger partial charge in [0, 0.05) is 12.6 Å². The molecule has 1 fully saturated rings. The van der Waals surface area contributed by atoms with E-state index in [1.54, 1.807) is 11.3 Å². The molecule has 1 saturated carbocycles. The van der Waals surface area contributed by atoms with Crippen LogP contribution in [0.5, 0.6) is 0 Å². The van der Waals surface area contributed by atoms with E-state index < -0.39 is 5.97 Å². The van der Waals surface area contributed by atoms with Gasteiger partial charge in [-0.2, -0.15) is 0 Å². The highest BCUT2D eigenvalue weighted by Crippen LogP contribution is 2.30. The average Bonchev–Trinajstić information content (AvgIpc) is 2.97. The van der Waals surface area contributed by atoms with Crippen molar-refractivity contribution in [3.63, 3.8) is 0 Å². The Bertz CT molecular complexity index is 602. The highest BCUT2D eigenvalue weighted by atomic mass is 32.1. The van der Waals surface area contributed by atoms with Crippen molar-refractivity contribution >= 4 is 17.3 Å². The number of aromatic nitrogens is 1. The van der Waals surface area contributed by atoms with Crippen LogP contribution in [0.3, 0.4) is 0 Å². The van der Waals surface area contributed by atoms with E-state index in [4.69, 9.17) is 9.52 Å². The van der Waals surface area contributed by atoms with E-state index in [0.29, 0.717) is 18.5 Å². The minimum atomic E-state index is -0.795. The predicted octanol–water partition coefficient (Wildman–Crippen LogP) is 2.76. The molecule has 0 bridgehead atoms. The lowest BCUT2D eigenvalue weighted by Crippen LogP contribution is -2.31. The van der Waals surface area contributed by atoms with E-state index in [2.05, 4.69) is 4.98 Å². The van der Waals surface area contributed by atoms with Gasteiger partial charge in [-0.25, -0.2) is 4.98 Å². The summed E-state index contributed by atoms with van der Waals surface area (Å²) in [6.45, 7) is 2.48. The monoisotopic (exact) mass is 292 g/mol. The molecule has 106 valence electrons. The van der Waals surface area contributed by atoms with Crippen molar-refractivity contribution in [3.05, 3.63) is 29.0 Å². The van der Waals surface area contributed by atoms with Crippen LogP contribution in [0, 0.1) is 6.92 Å². The predicted molar refractivity (Wildman–Crippen MR) is 75.6 cm³/mol. The van der Waals surface area contributed by atoms with E-state index >= 15 is 0 Å². The summed E-state index contributed by atoms with van der Waals surface area (Å²) in [7, 11) is 0. The summed E-state index contributed by atoms with van der Waals surface area (Å²) in [4.78, 5) is 18.4. The Labute approximate surface area is 120 Å². The fraction of sp³-hybridized carbons (Fsp3) is 0.429. The van der Waals surface area contributed by atoms with Crippen LogP contribution in [-0.4, -0.2) is 33.5 Å². The zero-order valence-corrected chi connectivity index (χ0v) is 12.0. The summed E-state index contributed by atoms with van der Waals surface area (Å²) < 4.78 is 5.69. The third kappa shape index (κ3) is 2.91. The van der Waals surface area contributed by atoms with Gasteiger partial charge in [0.2, 0.25) is 5.89 Å². The molecule has 3 rings (SSSR count). The lowest BCUT2D eigenvalue weighted by Gasteiger charge is -2.18. The highest BCUT2D eigenvalue weighted by molar-refractivity contribution is 7.13. The van der Waals surface area contributed by atoms with Gasteiger partial charge in [-0.15, -0.1) is 11.3 Å². The Kier molecular flexibility index (Phi) is 3.58. The second-order valence-corrected chi connectivity index (χ2v) is 5.98.